The van der Waals surface area contributed by atoms with Crippen LogP contribution in [0.3, 0.4) is 0 Å². The molecule has 4 aromatic rings. The van der Waals surface area contributed by atoms with Crippen LogP contribution in [0.1, 0.15) is 34.2 Å². The number of ether oxygens (including phenoxy) is 1. The highest BCUT2D eigenvalue weighted by Crippen LogP contribution is 2.30. The maximum atomic E-state index is 13.1. The molecule has 1 aliphatic heterocycles. The summed E-state index contributed by atoms with van der Waals surface area (Å²) >= 11 is 0. The van der Waals surface area contributed by atoms with Crippen LogP contribution in [-0.4, -0.2) is 47.8 Å². The van der Waals surface area contributed by atoms with E-state index in [-0.39, 0.29) is 23.6 Å². The Morgan fingerprint density at radius 2 is 1.45 bits per heavy atom. The van der Waals surface area contributed by atoms with Gasteiger partial charge >= 0.3 is 12.5 Å². The van der Waals surface area contributed by atoms with Crippen molar-refractivity contribution in [1.82, 2.24) is 14.7 Å². The molecule has 1 aliphatic rings. The topological polar surface area (TPSA) is 62.1 Å². The van der Waals surface area contributed by atoms with E-state index in [4.69, 9.17) is 0 Å². The number of piperazine rings is 1. The number of benzene rings is 2. The number of nitrogens with zero attached hydrogens (tertiary/aromatic N) is 4. The number of alkyl halides is 6. The molecule has 0 atom stereocenters. The van der Waals surface area contributed by atoms with E-state index in [0.717, 1.165) is 29.1 Å². The van der Waals surface area contributed by atoms with E-state index in [2.05, 4.69) is 24.8 Å². The van der Waals surface area contributed by atoms with Gasteiger partial charge in [0.15, 0.2) is 0 Å². The van der Waals surface area contributed by atoms with Gasteiger partial charge in [-0.05, 0) is 60.5 Å². The third-order valence-corrected chi connectivity index (χ3v) is 7.05. The highest BCUT2D eigenvalue weighted by molar-refractivity contribution is 5.94. The molecule has 3 heterocycles. The fourth-order valence-corrected chi connectivity index (χ4v) is 4.93. The zero-order valence-electron chi connectivity index (χ0n) is 22.5. The second-order valence-corrected chi connectivity index (χ2v) is 9.77. The van der Waals surface area contributed by atoms with Gasteiger partial charge in [-0.2, -0.15) is 13.2 Å². The standard InChI is InChI=1S/C29H27F6N5O2/c1-2-24-26(40-12-11-20(28(30,31)32)17-25(40)37-24)27(41)36-18-19-3-5-21(6-4-19)38-13-15-39(16-14-38)22-7-9-23(10-8-22)42-29(33,34)35/h3-12,17H,2,13-16,18H2,1H3,(H,36,41). The number of carbonyl (C=O) groups excluding carboxylic acids is 1. The average Bonchev–Trinajstić information content (AvgIpc) is 3.34. The zero-order chi connectivity index (χ0) is 30.1. The van der Waals surface area contributed by atoms with Gasteiger partial charge in [-0.1, -0.05) is 19.1 Å². The minimum atomic E-state index is -4.73. The van der Waals surface area contributed by atoms with Crippen molar-refractivity contribution in [3.05, 3.63) is 89.4 Å². The molecule has 0 aliphatic carbocycles. The van der Waals surface area contributed by atoms with Crippen LogP contribution in [0, 0.1) is 0 Å². The van der Waals surface area contributed by atoms with Crippen LogP contribution in [0.4, 0.5) is 37.7 Å². The lowest BCUT2D eigenvalue weighted by Gasteiger charge is -2.37. The first-order chi connectivity index (χ1) is 19.9. The first-order valence-electron chi connectivity index (χ1n) is 13.2. The Morgan fingerprint density at radius 3 is 1.98 bits per heavy atom. The molecule has 2 aromatic heterocycles. The van der Waals surface area contributed by atoms with Crippen LogP contribution in [0.5, 0.6) is 5.75 Å². The van der Waals surface area contributed by atoms with E-state index < -0.39 is 24.0 Å². The van der Waals surface area contributed by atoms with Crippen molar-refractivity contribution in [3.63, 3.8) is 0 Å². The number of amides is 1. The van der Waals surface area contributed by atoms with Crippen LogP contribution in [0.15, 0.2) is 66.9 Å². The van der Waals surface area contributed by atoms with Crippen LogP contribution >= 0.6 is 0 Å². The molecule has 1 fully saturated rings. The van der Waals surface area contributed by atoms with Crippen molar-refractivity contribution >= 4 is 22.9 Å². The third kappa shape index (κ3) is 6.55. The van der Waals surface area contributed by atoms with Crippen LogP contribution in [0.2, 0.25) is 0 Å². The second kappa shape index (κ2) is 11.5. The lowest BCUT2D eigenvalue weighted by atomic mass is 10.1. The van der Waals surface area contributed by atoms with Gasteiger partial charge in [-0.15, -0.1) is 13.2 Å². The summed E-state index contributed by atoms with van der Waals surface area (Å²) in [7, 11) is 0. The van der Waals surface area contributed by atoms with Gasteiger partial charge in [0.25, 0.3) is 5.91 Å². The van der Waals surface area contributed by atoms with Crippen LogP contribution in [-0.2, 0) is 19.1 Å². The molecule has 1 N–H and O–H groups in total. The number of halogens is 6. The molecule has 0 bridgehead atoms. The van der Waals surface area contributed by atoms with Crippen molar-refractivity contribution in [1.29, 1.82) is 0 Å². The van der Waals surface area contributed by atoms with E-state index in [1.54, 1.807) is 19.1 Å². The van der Waals surface area contributed by atoms with E-state index >= 15 is 0 Å². The summed E-state index contributed by atoms with van der Waals surface area (Å²) in [6.07, 6.45) is -7.64. The van der Waals surface area contributed by atoms with Gasteiger partial charge in [-0.25, -0.2) is 4.98 Å². The Balaban J connectivity index is 1.17. The fourth-order valence-electron chi connectivity index (χ4n) is 4.93. The normalized spacial score (nSPS) is 14.4. The molecule has 1 saturated heterocycles. The molecule has 2 aromatic carbocycles. The van der Waals surface area contributed by atoms with Crippen LogP contribution in [0.25, 0.3) is 5.65 Å². The average molecular weight is 592 g/mol. The quantitative estimate of drug-likeness (QED) is 0.265. The van der Waals surface area contributed by atoms with Gasteiger partial charge in [0, 0.05) is 50.3 Å². The number of aromatic nitrogens is 2. The molecule has 1 amide bonds. The summed E-state index contributed by atoms with van der Waals surface area (Å²) in [4.78, 5) is 21.6. The number of pyridine rings is 1. The highest BCUT2D eigenvalue weighted by Gasteiger charge is 2.32. The molecule has 5 rings (SSSR count). The van der Waals surface area contributed by atoms with E-state index in [1.807, 2.05) is 24.3 Å². The SMILES string of the molecule is CCc1nc2cc(C(F)(F)F)ccn2c1C(=O)NCc1ccc(N2CCN(c3ccc(OC(F)(F)F)cc3)CC2)cc1. The zero-order valence-corrected chi connectivity index (χ0v) is 22.5. The van der Waals surface area contributed by atoms with Crippen molar-refractivity contribution in [2.45, 2.75) is 32.4 Å². The summed E-state index contributed by atoms with van der Waals surface area (Å²) in [5.74, 6) is -0.692. The minimum absolute atomic E-state index is 0.0590. The Morgan fingerprint density at radius 1 is 0.881 bits per heavy atom. The Hall–Kier alpha value is -4.42. The summed E-state index contributed by atoms with van der Waals surface area (Å²) in [5, 5.41) is 2.84. The van der Waals surface area contributed by atoms with Gasteiger partial charge in [0.05, 0.1) is 11.3 Å². The maximum absolute atomic E-state index is 13.1. The molecule has 0 spiro atoms. The van der Waals surface area contributed by atoms with Gasteiger partial charge in [0.2, 0.25) is 0 Å². The van der Waals surface area contributed by atoms with E-state index in [9.17, 15) is 31.1 Å². The first-order valence-corrected chi connectivity index (χ1v) is 13.2. The van der Waals surface area contributed by atoms with Crippen LogP contribution < -0.4 is 19.9 Å². The van der Waals surface area contributed by atoms with Crippen molar-refractivity contribution < 1.29 is 35.9 Å². The lowest BCUT2D eigenvalue weighted by molar-refractivity contribution is -0.274. The molecule has 222 valence electrons. The lowest BCUT2D eigenvalue weighted by Crippen LogP contribution is -2.46. The molecular formula is C29H27F6N5O2. The Bertz CT molecular complexity index is 1540. The molecule has 0 unspecified atom stereocenters. The Labute approximate surface area is 237 Å². The predicted molar refractivity (Wildman–Crippen MR) is 145 cm³/mol. The fraction of sp³-hybridized carbons (Fsp3) is 0.310. The number of fused-ring (bicyclic) bond motifs is 1. The summed E-state index contributed by atoms with van der Waals surface area (Å²) < 4.78 is 81.8. The number of carbonyl (C=O) groups is 1. The van der Waals surface area contributed by atoms with E-state index in [1.165, 1.54) is 22.7 Å². The number of nitrogens with one attached hydrogen (secondary N) is 1. The maximum Gasteiger partial charge on any atom is 0.573 e. The Kier molecular flexibility index (Phi) is 7.93. The summed E-state index contributed by atoms with van der Waals surface area (Å²) in [6, 6.07) is 15.4. The summed E-state index contributed by atoms with van der Waals surface area (Å²) in [6.45, 7) is 4.78. The molecule has 0 radical (unpaired) electrons. The van der Waals surface area contributed by atoms with E-state index in [0.29, 0.717) is 38.3 Å². The highest BCUT2D eigenvalue weighted by atomic mass is 19.4. The largest absolute Gasteiger partial charge is 0.573 e. The van der Waals surface area contributed by atoms with Gasteiger partial charge in [-0.3, -0.25) is 9.20 Å². The predicted octanol–water partition coefficient (Wildman–Crippen LogP) is 6.07. The monoisotopic (exact) mass is 591 g/mol. The van der Waals surface area contributed by atoms with Gasteiger partial charge < -0.3 is 19.9 Å². The number of imidazole rings is 1. The first kappa shape index (κ1) is 29.1. The number of aryl methyl sites for hydroxylation is 1. The van der Waals surface area contributed by atoms with Crippen molar-refractivity contribution in [2.75, 3.05) is 36.0 Å². The second-order valence-electron chi connectivity index (χ2n) is 9.77. The number of hydrogen-bond acceptors (Lipinski definition) is 5. The molecule has 42 heavy (non-hydrogen) atoms. The third-order valence-electron chi connectivity index (χ3n) is 7.05. The number of hydrogen-bond donors (Lipinski definition) is 1. The van der Waals surface area contributed by atoms with Crippen molar-refractivity contribution in [3.8, 4) is 5.75 Å². The minimum Gasteiger partial charge on any atom is -0.406 e. The summed E-state index contributed by atoms with van der Waals surface area (Å²) in [5.41, 5.74) is 2.50. The molecule has 7 nitrogen and oxygen atoms in total. The van der Waals surface area contributed by atoms with Crippen molar-refractivity contribution in [2.24, 2.45) is 0 Å². The molecular weight excluding hydrogens is 564 g/mol. The molecule has 13 heteroatoms. The molecule has 0 saturated carbocycles. The van der Waals surface area contributed by atoms with Gasteiger partial charge in [0.1, 0.15) is 17.1 Å². The number of anilines is 2. The number of rotatable bonds is 7. The smallest absolute Gasteiger partial charge is 0.406 e.